The first-order valence-electron chi connectivity index (χ1n) is 11.8. The number of hydrogen-bond donors (Lipinski definition) is 2. The molecule has 3 aromatic rings. The minimum Gasteiger partial charge on any atom is -0.481 e. The number of morpholine rings is 1. The fourth-order valence-corrected chi connectivity index (χ4v) is 4.04. The smallest absolute Gasteiger partial charge is 0.416 e. The molecule has 196 valence electrons. The molecule has 1 aromatic heterocycles. The number of carbonyl (C=O) groups is 1. The molecule has 1 atom stereocenters. The van der Waals surface area contributed by atoms with Gasteiger partial charge in [-0.2, -0.15) is 18.2 Å². The Hall–Kier alpha value is -3.70. The van der Waals surface area contributed by atoms with Crippen LogP contribution in [0, 0.1) is 0 Å². The average Bonchev–Trinajstić information content (AvgIpc) is 2.92. The van der Waals surface area contributed by atoms with Crippen molar-refractivity contribution in [2.24, 2.45) is 5.73 Å². The number of nitrogens with one attached hydrogen (secondary N) is 1. The van der Waals surface area contributed by atoms with Crippen molar-refractivity contribution in [2.45, 2.75) is 25.7 Å². The van der Waals surface area contributed by atoms with E-state index in [1.165, 1.54) is 19.2 Å². The van der Waals surface area contributed by atoms with E-state index in [2.05, 4.69) is 15.3 Å². The van der Waals surface area contributed by atoms with Crippen molar-refractivity contribution in [3.8, 4) is 17.0 Å². The Kier molecular flexibility index (Phi) is 7.94. The Morgan fingerprint density at radius 1 is 1.14 bits per heavy atom. The van der Waals surface area contributed by atoms with E-state index in [9.17, 15) is 18.0 Å². The number of ether oxygens (including phenoxy) is 2. The number of hydrogen-bond acceptors (Lipinski definition) is 7. The normalized spacial score (nSPS) is 14.8. The molecule has 2 heterocycles. The minimum absolute atomic E-state index is 0.108. The van der Waals surface area contributed by atoms with Crippen LogP contribution in [0.5, 0.6) is 5.88 Å². The number of anilines is 1. The maximum absolute atomic E-state index is 13.2. The summed E-state index contributed by atoms with van der Waals surface area (Å²) in [6.45, 7) is 4.22. The van der Waals surface area contributed by atoms with E-state index in [4.69, 9.17) is 15.2 Å². The highest BCUT2D eigenvalue weighted by atomic mass is 19.4. The van der Waals surface area contributed by atoms with Crippen LogP contribution in [-0.2, 0) is 17.5 Å². The second-order valence-electron chi connectivity index (χ2n) is 8.59. The van der Waals surface area contributed by atoms with Crippen molar-refractivity contribution in [1.82, 2.24) is 15.3 Å². The zero-order valence-corrected chi connectivity index (χ0v) is 20.5. The van der Waals surface area contributed by atoms with Gasteiger partial charge in [0, 0.05) is 25.7 Å². The molecule has 0 spiro atoms. The van der Waals surface area contributed by atoms with E-state index < -0.39 is 23.7 Å². The molecule has 37 heavy (non-hydrogen) atoms. The number of carbonyl (C=O) groups excluding carboxylic acids is 1. The Morgan fingerprint density at radius 2 is 1.84 bits per heavy atom. The fourth-order valence-electron chi connectivity index (χ4n) is 4.04. The zero-order valence-electron chi connectivity index (χ0n) is 20.5. The Balaban J connectivity index is 1.52. The third-order valence-electron chi connectivity index (χ3n) is 6.15. The highest BCUT2D eigenvalue weighted by molar-refractivity contribution is 5.93. The summed E-state index contributed by atoms with van der Waals surface area (Å²) in [4.78, 5) is 23.7. The van der Waals surface area contributed by atoms with Crippen LogP contribution in [0.3, 0.4) is 0 Å². The summed E-state index contributed by atoms with van der Waals surface area (Å²) in [6, 6.07) is 11.6. The van der Waals surface area contributed by atoms with Crippen LogP contribution in [0.15, 0.2) is 48.5 Å². The molecule has 0 saturated carbocycles. The molecule has 4 rings (SSSR count). The molecule has 1 aliphatic rings. The maximum atomic E-state index is 13.2. The third-order valence-corrected chi connectivity index (χ3v) is 6.15. The van der Waals surface area contributed by atoms with Gasteiger partial charge in [-0.05, 0) is 41.3 Å². The van der Waals surface area contributed by atoms with Crippen molar-refractivity contribution in [1.29, 1.82) is 0 Å². The number of benzene rings is 2. The summed E-state index contributed by atoms with van der Waals surface area (Å²) in [5.74, 6) is 0.257. The van der Waals surface area contributed by atoms with Crippen molar-refractivity contribution in [3.63, 3.8) is 0 Å². The molecule has 1 saturated heterocycles. The lowest BCUT2D eigenvalue weighted by molar-refractivity contribution is -0.137. The number of methoxy groups -OCH3 is 1. The van der Waals surface area contributed by atoms with Gasteiger partial charge in [-0.3, -0.25) is 4.79 Å². The van der Waals surface area contributed by atoms with Crippen LogP contribution in [0.25, 0.3) is 11.1 Å². The molecule has 1 aliphatic heterocycles. The number of alkyl halides is 3. The molecular weight excluding hydrogens is 487 g/mol. The lowest BCUT2D eigenvalue weighted by Crippen LogP contribution is -2.38. The first kappa shape index (κ1) is 26.4. The molecule has 2 aromatic carbocycles. The Labute approximate surface area is 212 Å². The predicted molar refractivity (Wildman–Crippen MR) is 132 cm³/mol. The predicted octanol–water partition coefficient (Wildman–Crippen LogP) is 3.96. The van der Waals surface area contributed by atoms with Gasteiger partial charge >= 0.3 is 6.18 Å². The fraction of sp³-hybridized carbons (Fsp3) is 0.346. The molecule has 0 radical (unpaired) electrons. The van der Waals surface area contributed by atoms with E-state index in [1.54, 1.807) is 24.3 Å². The molecule has 8 nitrogen and oxygen atoms in total. The summed E-state index contributed by atoms with van der Waals surface area (Å²) in [5, 5.41) is 2.91. The van der Waals surface area contributed by atoms with Crippen LogP contribution in [-0.4, -0.2) is 49.3 Å². The molecule has 1 amide bonds. The SMILES string of the molecule is COc1cc(C(=O)N[C@H](C)c2ccc(-c3cc(C(F)(F)F)ccc3CN)cc2)nc(N2CCOCC2)n1. The van der Waals surface area contributed by atoms with E-state index in [0.717, 1.165) is 17.7 Å². The van der Waals surface area contributed by atoms with Crippen molar-refractivity contribution < 1.29 is 27.4 Å². The molecule has 11 heteroatoms. The Morgan fingerprint density at radius 3 is 2.46 bits per heavy atom. The summed E-state index contributed by atoms with van der Waals surface area (Å²) < 4.78 is 50.3. The number of nitrogens with two attached hydrogens (primary N) is 1. The molecule has 0 unspecified atom stereocenters. The van der Waals surface area contributed by atoms with Gasteiger partial charge in [-0.15, -0.1) is 0 Å². The number of rotatable bonds is 7. The van der Waals surface area contributed by atoms with Crippen LogP contribution in [0.4, 0.5) is 19.1 Å². The lowest BCUT2D eigenvalue weighted by Gasteiger charge is -2.27. The van der Waals surface area contributed by atoms with E-state index in [-0.39, 0.29) is 18.1 Å². The zero-order chi connectivity index (χ0) is 26.6. The Bertz CT molecular complexity index is 1250. The molecule has 0 aliphatic carbocycles. The van der Waals surface area contributed by atoms with Gasteiger partial charge < -0.3 is 25.4 Å². The topological polar surface area (TPSA) is 103 Å². The third kappa shape index (κ3) is 6.17. The lowest BCUT2D eigenvalue weighted by atomic mass is 9.95. The number of halogens is 3. The second kappa shape index (κ2) is 11.1. The molecule has 3 N–H and O–H groups in total. The minimum atomic E-state index is -4.45. The maximum Gasteiger partial charge on any atom is 0.416 e. The van der Waals surface area contributed by atoms with Gasteiger partial charge in [0.1, 0.15) is 5.69 Å². The highest BCUT2D eigenvalue weighted by Crippen LogP contribution is 2.34. The van der Waals surface area contributed by atoms with Crippen LogP contribution in [0.2, 0.25) is 0 Å². The first-order valence-corrected chi connectivity index (χ1v) is 11.8. The van der Waals surface area contributed by atoms with E-state index in [0.29, 0.717) is 48.9 Å². The monoisotopic (exact) mass is 515 g/mol. The van der Waals surface area contributed by atoms with Crippen molar-refractivity contribution in [3.05, 3.63) is 70.9 Å². The van der Waals surface area contributed by atoms with Gasteiger partial charge in [0.05, 0.1) is 31.9 Å². The summed E-state index contributed by atoms with van der Waals surface area (Å²) in [5.41, 5.74) is 7.58. The number of nitrogens with zero attached hydrogens (tertiary/aromatic N) is 3. The van der Waals surface area contributed by atoms with Gasteiger partial charge in [-0.1, -0.05) is 30.3 Å². The average molecular weight is 516 g/mol. The van der Waals surface area contributed by atoms with E-state index in [1.807, 2.05) is 11.8 Å². The van der Waals surface area contributed by atoms with Crippen LogP contribution < -0.4 is 20.7 Å². The van der Waals surface area contributed by atoms with Crippen molar-refractivity contribution in [2.75, 3.05) is 38.3 Å². The highest BCUT2D eigenvalue weighted by Gasteiger charge is 2.31. The van der Waals surface area contributed by atoms with Crippen LogP contribution in [0.1, 0.15) is 40.1 Å². The second-order valence-corrected chi connectivity index (χ2v) is 8.59. The largest absolute Gasteiger partial charge is 0.481 e. The quantitative estimate of drug-likeness (QED) is 0.491. The van der Waals surface area contributed by atoms with Crippen LogP contribution >= 0.6 is 0 Å². The number of aromatic nitrogens is 2. The first-order chi connectivity index (χ1) is 17.7. The van der Waals surface area contributed by atoms with Crippen molar-refractivity contribution >= 4 is 11.9 Å². The number of amides is 1. The van der Waals surface area contributed by atoms with Gasteiger partial charge in [-0.25, -0.2) is 4.98 Å². The van der Waals surface area contributed by atoms with E-state index >= 15 is 0 Å². The summed E-state index contributed by atoms with van der Waals surface area (Å²) in [6.07, 6.45) is -4.45. The standard InChI is InChI=1S/C26H28F3N5O3/c1-16(31-24(35)22-14-23(36-2)33-25(32-22)34-9-11-37-12-10-34)17-3-5-18(6-4-17)21-13-20(26(27,28)29)8-7-19(21)15-30/h3-8,13-14,16H,9-12,15,30H2,1-2H3,(H,31,35)/t16-/m1/s1. The van der Waals surface area contributed by atoms with Gasteiger partial charge in [0.15, 0.2) is 0 Å². The summed E-state index contributed by atoms with van der Waals surface area (Å²) in [7, 11) is 1.47. The molecule has 0 bridgehead atoms. The van der Waals surface area contributed by atoms with Gasteiger partial charge in [0.25, 0.3) is 5.91 Å². The molecular formula is C26H28F3N5O3. The molecule has 1 fully saturated rings. The summed E-state index contributed by atoms with van der Waals surface area (Å²) >= 11 is 0. The van der Waals surface area contributed by atoms with Gasteiger partial charge in [0.2, 0.25) is 11.8 Å².